The van der Waals surface area contributed by atoms with Gasteiger partial charge in [0.25, 0.3) is 0 Å². The number of aromatic nitrogens is 4. The molecule has 0 radical (unpaired) electrons. The van der Waals surface area contributed by atoms with Gasteiger partial charge in [-0.15, -0.1) is 0 Å². The lowest BCUT2D eigenvalue weighted by atomic mass is 10.2. The average molecular weight is 355 g/mol. The number of nitrogens with zero attached hydrogens (tertiary/aromatic N) is 4. The summed E-state index contributed by atoms with van der Waals surface area (Å²) in [6.07, 6.45) is 2.56. The number of nitrogens with one attached hydrogen (secondary N) is 1. The van der Waals surface area contributed by atoms with Crippen molar-refractivity contribution in [2.24, 2.45) is 7.05 Å². The Morgan fingerprint density at radius 2 is 2.12 bits per heavy atom. The van der Waals surface area contributed by atoms with E-state index in [0.29, 0.717) is 25.6 Å². The van der Waals surface area contributed by atoms with E-state index >= 15 is 0 Å². The fourth-order valence-corrected chi connectivity index (χ4v) is 2.95. The van der Waals surface area contributed by atoms with Gasteiger partial charge in [-0.05, 0) is 12.1 Å². The number of fused-ring (bicyclic) bond motifs is 2. The van der Waals surface area contributed by atoms with Crippen LogP contribution >= 0.6 is 0 Å². The molecule has 1 unspecified atom stereocenters. The van der Waals surface area contributed by atoms with Crippen molar-refractivity contribution in [3.63, 3.8) is 0 Å². The lowest BCUT2D eigenvalue weighted by molar-refractivity contribution is 0.0873. The second kappa shape index (κ2) is 7.17. The quantitative estimate of drug-likeness (QED) is 0.725. The minimum Gasteiger partial charge on any atom is -0.486 e. The van der Waals surface area contributed by atoms with E-state index in [4.69, 9.17) is 14.2 Å². The Balaban J connectivity index is 1.43. The zero-order valence-corrected chi connectivity index (χ0v) is 14.8. The van der Waals surface area contributed by atoms with Crippen molar-refractivity contribution >= 4 is 16.9 Å². The van der Waals surface area contributed by atoms with Gasteiger partial charge in [0.15, 0.2) is 23.0 Å². The van der Waals surface area contributed by atoms with E-state index in [2.05, 4.69) is 20.4 Å². The third-order valence-corrected chi connectivity index (χ3v) is 4.24. The Bertz CT molecular complexity index is 911. The maximum atomic E-state index is 5.99. The monoisotopic (exact) mass is 355 g/mol. The summed E-state index contributed by atoms with van der Waals surface area (Å²) in [5.74, 6) is 2.97. The van der Waals surface area contributed by atoms with Crippen LogP contribution in [0, 0.1) is 0 Å². The van der Waals surface area contributed by atoms with Crippen LogP contribution in [0.25, 0.3) is 11.0 Å². The number of hydrogen-bond donors (Lipinski definition) is 1. The van der Waals surface area contributed by atoms with Crippen LogP contribution in [0.3, 0.4) is 0 Å². The second-order valence-corrected chi connectivity index (χ2v) is 6.14. The molecule has 0 saturated carbocycles. The van der Waals surface area contributed by atoms with Crippen molar-refractivity contribution in [2.75, 3.05) is 25.6 Å². The fraction of sp³-hybridized carbons (Fsp3) is 0.389. The number of benzene rings is 1. The first kappa shape index (κ1) is 16.6. The first-order valence-corrected chi connectivity index (χ1v) is 8.54. The Kier molecular flexibility index (Phi) is 4.57. The Morgan fingerprint density at radius 3 is 2.96 bits per heavy atom. The minimum absolute atomic E-state index is 0.00192. The zero-order valence-electron chi connectivity index (χ0n) is 14.8. The Labute approximate surface area is 151 Å². The van der Waals surface area contributed by atoms with Gasteiger partial charge in [-0.1, -0.05) is 12.1 Å². The second-order valence-electron chi connectivity index (χ2n) is 6.14. The molecule has 0 aliphatic carbocycles. The van der Waals surface area contributed by atoms with E-state index < -0.39 is 0 Å². The molecule has 0 fully saturated rings. The molecule has 26 heavy (non-hydrogen) atoms. The highest BCUT2D eigenvalue weighted by Crippen LogP contribution is 2.31. The van der Waals surface area contributed by atoms with Crippen LogP contribution in [-0.4, -0.2) is 46.1 Å². The molecule has 8 heteroatoms. The summed E-state index contributed by atoms with van der Waals surface area (Å²) in [4.78, 5) is 9.04. The van der Waals surface area contributed by atoms with Gasteiger partial charge < -0.3 is 19.5 Å². The van der Waals surface area contributed by atoms with Gasteiger partial charge in [0.1, 0.15) is 25.1 Å². The average Bonchev–Trinajstić information content (AvgIpc) is 3.03. The van der Waals surface area contributed by atoms with E-state index in [1.54, 1.807) is 18.0 Å². The summed E-state index contributed by atoms with van der Waals surface area (Å²) >= 11 is 0. The van der Waals surface area contributed by atoms with Gasteiger partial charge in [0.05, 0.1) is 11.6 Å². The summed E-state index contributed by atoms with van der Waals surface area (Å²) in [5.41, 5.74) is 0.778. The van der Waals surface area contributed by atoms with Crippen LogP contribution in [0.2, 0.25) is 0 Å². The lowest BCUT2D eigenvalue weighted by Gasteiger charge is -2.26. The van der Waals surface area contributed by atoms with E-state index in [-0.39, 0.29) is 6.10 Å². The van der Waals surface area contributed by atoms with Gasteiger partial charge >= 0.3 is 0 Å². The maximum absolute atomic E-state index is 5.99. The molecule has 0 bridgehead atoms. The van der Waals surface area contributed by atoms with Crippen LogP contribution in [-0.2, 0) is 18.4 Å². The van der Waals surface area contributed by atoms with E-state index in [1.165, 1.54) is 0 Å². The Hall–Kier alpha value is -2.87. The number of ether oxygens (including phenoxy) is 3. The number of aryl methyl sites for hydroxylation is 1. The van der Waals surface area contributed by atoms with E-state index in [1.807, 2.05) is 31.3 Å². The van der Waals surface area contributed by atoms with Crippen molar-refractivity contribution < 1.29 is 14.2 Å². The first-order valence-electron chi connectivity index (χ1n) is 8.54. The van der Waals surface area contributed by atoms with Crippen LogP contribution in [0.4, 0.5) is 5.82 Å². The summed E-state index contributed by atoms with van der Waals surface area (Å²) in [7, 11) is 3.49. The molecular formula is C18H21N5O3. The largest absolute Gasteiger partial charge is 0.486 e. The van der Waals surface area contributed by atoms with Gasteiger partial charge in [-0.2, -0.15) is 5.10 Å². The van der Waals surface area contributed by atoms with Gasteiger partial charge in [-0.25, -0.2) is 9.97 Å². The highest BCUT2D eigenvalue weighted by Gasteiger charge is 2.20. The molecule has 1 aliphatic rings. The highest BCUT2D eigenvalue weighted by molar-refractivity contribution is 5.86. The van der Waals surface area contributed by atoms with Crippen molar-refractivity contribution in [1.29, 1.82) is 0 Å². The van der Waals surface area contributed by atoms with Gasteiger partial charge in [0, 0.05) is 27.1 Å². The van der Waals surface area contributed by atoms with Crippen LogP contribution in [0.15, 0.2) is 30.5 Å². The summed E-state index contributed by atoms with van der Waals surface area (Å²) < 4.78 is 18.6. The fourth-order valence-electron chi connectivity index (χ4n) is 2.95. The topological polar surface area (TPSA) is 83.3 Å². The molecule has 0 amide bonds. The third kappa shape index (κ3) is 3.28. The molecular weight excluding hydrogens is 334 g/mol. The van der Waals surface area contributed by atoms with Crippen molar-refractivity contribution in [1.82, 2.24) is 19.7 Å². The van der Waals surface area contributed by atoms with Crippen molar-refractivity contribution in [3.05, 3.63) is 36.3 Å². The maximum Gasteiger partial charge on any atom is 0.163 e. The molecule has 1 atom stereocenters. The van der Waals surface area contributed by atoms with Crippen LogP contribution in [0.5, 0.6) is 11.5 Å². The smallest absolute Gasteiger partial charge is 0.163 e. The molecule has 8 nitrogen and oxygen atoms in total. The molecule has 1 aromatic carbocycles. The SMILES string of the molecule is COCc1nc(NCCC2COc3ccccc3O2)c2cnn(C)c2n1. The zero-order chi connectivity index (χ0) is 17.9. The van der Waals surface area contributed by atoms with Crippen LogP contribution in [0.1, 0.15) is 12.2 Å². The van der Waals surface area contributed by atoms with Crippen molar-refractivity contribution in [2.45, 2.75) is 19.1 Å². The lowest BCUT2D eigenvalue weighted by Crippen LogP contribution is -2.31. The summed E-state index contributed by atoms with van der Waals surface area (Å²) in [5, 5.41) is 8.53. The third-order valence-electron chi connectivity index (χ3n) is 4.24. The number of anilines is 1. The molecule has 1 aliphatic heterocycles. The number of para-hydroxylation sites is 2. The predicted octanol–water partition coefficient (Wildman–Crippen LogP) is 2.15. The van der Waals surface area contributed by atoms with Crippen molar-refractivity contribution in [3.8, 4) is 11.5 Å². The minimum atomic E-state index is 0.00192. The standard InChI is InChI=1S/C18H21N5O3/c1-23-18-13(9-20-23)17(21-16(22-18)11-24-2)19-8-7-12-10-25-14-5-3-4-6-15(14)26-12/h3-6,9,12H,7-8,10-11H2,1-2H3,(H,19,21,22). The summed E-state index contributed by atoms with van der Waals surface area (Å²) in [6.45, 7) is 1.59. The van der Waals surface area contributed by atoms with E-state index in [0.717, 1.165) is 34.8 Å². The molecule has 2 aromatic heterocycles. The molecule has 136 valence electrons. The van der Waals surface area contributed by atoms with Crippen LogP contribution < -0.4 is 14.8 Å². The number of rotatable bonds is 6. The number of methoxy groups -OCH3 is 1. The summed E-state index contributed by atoms with van der Waals surface area (Å²) in [6, 6.07) is 7.73. The first-order chi connectivity index (χ1) is 12.7. The highest BCUT2D eigenvalue weighted by atomic mass is 16.6. The van der Waals surface area contributed by atoms with Gasteiger partial charge in [0.2, 0.25) is 0 Å². The molecule has 3 heterocycles. The molecule has 4 rings (SSSR count). The van der Waals surface area contributed by atoms with E-state index in [9.17, 15) is 0 Å². The molecule has 1 N–H and O–H groups in total. The molecule has 0 spiro atoms. The normalized spacial score (nSPS) is 16.0. The predicted molar refractivity (Wildman–Crippen MR) is 96.5 cm³/mol. The van der Waals surface area contributed by atoms with Gasteiger partial charge in [-0.3, -0.25) is 4.68 Å². The molecule has 0 saturated heterocycles. The number of hydrogen-bond acceptors (Lipinski definition) is 7. The molecule has 3 aromatic rings. The Morgan fingerprint density at radius 1 is 1.27 bits per heavy atom.